The molecular formula is C73H120N26O44S6. The number of piperidine rings is 8. The first-order valence-electron chi connectivity index (χ1n) is 47.3. The Bertz CT molecular complexity index is 5470. The summed E-state index contributed by atoms with van der Waals surface area (Å²) in [5.74, 6) is -3.13. The maximum atomic E-state index is 12.4. The van der Waals surface area contributed by atoms with E-state index in [0.29, 0.717) is 166 Å². The lowest BCUT2D eigenvalue weighted by atomic mass is 10.0. The van der Waals surface area contributed by atoms with Gasteiger partial charge in [-0.05, 0) is 149 Å². The number of hydroxylamine groups is 18. The predicted molar refractivity (Wildman–Crippen MR) is 483 cm³/mol. The molecule has 149 heavy (non-hydrogen) atoms. The molecule has 18 rings (SSSR count). The number of nitrogens with one attached hydrogen (secondary N) is 11. The molecule has 18 fully saturated rings. The van der Waals surface area contributed by atoms with Crippen molar-refractivity contribution in [2.24, 2.45) is 5.73 Å². The quantitative estimate of drug-likeness (QED) is 0.0137. The van der Waals surface area contributed by atoms with Gasteiger partial charge in [-0.3, -0.25) is 95.3 Å². The van der Waals surface area contributed by atoms with Gasteiger partial charge in [0.1, 0.15) is 48.5 Å². The van der Waals surface area contributed by atoms with Crippen molar-refractivity contribution in [3.8, 4) is 0 Å². The first-order chi connectivity index (χ1) is 70.2. The van der Waals surface area contributed by atoms with E-state index in [2.05, 4.69) is 84.8 Å². The Hall–Kier alpha value is -10.0. The molecule has 19 amide bonds. The van der Waals surface area contributed by atoms with Crippen molar-refractivity contribution in [3.05, 3.63) is 0 Å². The summed E-state index contributed by atoms with van der Waals surface area (Å²) in [5.41, 5.74) is 19.6. The first kappa shape index (κ1) is 116. The number of urea groups is 6. The van der Waals surface area contributed by atoms with Crippen molar-refractivity contribution in [1.82, 2.24) is 124 Å². The Labute approximate surface area is 851 Å². The molecule has 0 radical (unpaired) electrons. The van der Waals surface area contributed by atoms with Gasteiger partial charge in [0.25, 0.3) is 35.4 Å². The number of amides is 19. The van der Waals surface area contributed by atoms with Crippen LogP contribution in [0.25, 0.3) is 0 Å². The molecule has 19 N–H and O–H groups in total. The van der Waals surface area contributed by atoms with Gasteiger partial charge in [-0.25, -0.2) is 61.6 Å². The maximum absolute atomic E-state index is 12.4. The zero-order chi connectivity index (χ0) is 108. The van der Waals surface area contributed by atoms with Gasteiger partial charge in [-0.15, -0.1) is 25.7 Å². The van der Waals surface area contributed by atoms with Crippen LogP contribution in [0.5, 0.6) is 0 Å². The molecule has 0 aromatic carbocycles. The molecule has 76 heteroatoms. The minimum Gasteiger partial charge on any atom is -0.377 e. The molecule has 18 saturated heterocycles. The van der Waals surface area contributed by atoms with E-state index >= 15 is 0 Å². The maximum Gasteiger partial charge on any atom is 0.418 e. The average Bonchev–Trinajstić information content (AvgIpc) is 1.65. The fourth-order valence-electron chi connectivity index (χ4n) is 19.4. The summed E-state index contributed by atoms with van der Waals surface area (Å²) >= 11 is 0. The average molecular weight is 2260 g/mol. The molecule has 12 bridgehead atoms. The molecule has 0 saturated carbocycles. The highest BCUT2D eigenvalue weighted by Gasteiger charge is 2.57. The number of likely N-dealkylation sites (tertiary alicyclic amines) is 2. The number of guanidine groups is 1. The van der Waals surface area contributed by atoms with E-state index in [1.165, 1.54) is 24.5 Å². The summed E-state index contributed by atoms with van der Waals surface area (Å²) in [6.07, 6.45) is 9.33. The normalized spacial score (nSPS) is 29.3. The van der Waals surface area contributed by atoms with Crippen molar-refractivity contribution in [2.45, 2.75) is 244 Å². The monoisotopic (exact) mass is 2260 g/mol. The molecule has 16 atom stereocenters. The number of nitrogens with zero attached hydrogens (tertiary/aromatic N) is 14. The zero-order valence-electron chi connectivity index (χ0n) is 79.7. The van der Waals surface area contributed by atoms with E-state index in [-0.39, 0.29) is 101 Å². The first-order valence-corrected chi connectivity index (χ1v) is 55.5. The smallest absolute Gasteiger partial charge is 0.377 e. The highest BCUT2D eigenvalue weighted by molar-refractivity contribution is 7.82. The fourth-order valence-corrected chi connectivity index (χ4v) is 21.8. The van der Waals surface area contributed by atoms with E-state index in [4.69, 9.17) is 72.2 Å². The molecule has 0 spiro atoms. The van der Waals surface area contributed by atoms with Crippen LogP contribution in [0.1, 0.15) is 135 Å². The van der Waals surface area contributed by atoms with Crippen LogP contribution in [-0.2, 0) is 155 Å². The zero-order valence-corrected chi connectivity index (χ0v) is 84.6. The van der Waals surface area contributed by atoms with Crippen molar-refractivity contribution in [3.63, 3.8) is 0 Å². The second-order valence-electron chi connectivity index (χ2n) is 37.1. The van der Waals surface area contributed by atoms with Gasteiger partial charge in [0, 0.05) is 98.2 Å². The fraction of sp³-hybridized carbons (Fsp3) is 0.808. The number of hydrogen-bond donors (Lipinski definition) is 18. The Morgan fingerprint density at radius 3 is 0.872 bits per heavy atom. The van der Waals surface area contributed by atoms with E-state index in [1.807, 2.05) is 7.05 Å². The minimum atomic E-state index is -4.83. The third-order valence-corrected chi connectivity index (χ3v) is 28.9. The third kappa shape index (κ3) is 32.1. The second kappa shape index (κ2) is 50.2. The second-order valence-corrected chi connectivity index (χ2v) is 43.1. The Morgan fingerprint density at radius 2 is 0.591 bits per heavy atom. The number of nitrogens with two attached hydrogens (primary N) is 1. The van der Waals surface area contributed by atoms with Gasteiger partial charge in [0.05, 0.1) is 80.3 Å². The Kier molecular flexibility index (Phi) is 39.1. The molecule has 842 valence electrons. The van der Waals surface area contributed by atoms with Gasteiger partial charge in [0.2, 0.25) is 5.91 Å². The molecule has 70 nitrogen and oxygen atoms in total. The molecule has 0 aliphatic carbocycles. The summed E-state index contributed by atoms with van der Waals surface area (Å²) in [4.78, 5) is 201. The Morgan fingerprint density at radius 1 is 0.329 bits per heavy atom. The molecule has 4 unspecified atom stereocenters. The number of carbonyl (C=O) groups is 13. The molecule has 18 aliphatic rings. The summed E-state index contributed by atoms with van der Waals surface area (Å²) < 4.78 is 214. The summed E-state index contributed by atoms with van der Waals surface area (Å²) in [6, 6.07) is -12.7. The largest absolute Gasteiger partial charge is 0.418 e. The van der Waals surface area contributed by atoms with Crippen LogP contribution in [0.3, 0.4) is 0 Å². The van der Waals surface area contributed by atoms with Crippen LogP contribution in [0, 0.1) is 5.41 Å². The highest BCUT2D eigenvalue weighted by atomic mass is 32.3. The van der Waals surface area contributed by atoms with Crippen molar-refractivity contribution >= 4 is 146 Å². The van der Waals surface area contributed by atoms with Gasteiger partial charge in [-0.2, -0.15) is 80.9 Å². The molecular weight excluding hydrogens is 2140 g/mol. The van der Waals surface area contributed by atoms with Gasteiger partial charge < -0.3 is 70.9 Å². The van der Waals surface area contributed by atoms with Crippen LogP contribution >= 0.6 is 0 Å². The van der Waals surface area contributed by atoms with Crippen LogP contribution in [0.15, 0.2) is 0 Å². The van der Waals surface area contributed by atoms with Crippen molar-refractivity contribution < 1.29 is 200 Å². The van der Waals surface area contributed by atoms with Crippen LogP contribution in [-0.4, -0.2) is 472 Å². The lowest BCUT2D eigenvalue weighted by Gasteiger charge is -2.33. The van der Waals surface area contributed by atoms with Gasteiger partial charge >= 0.3 is 98.6 Å². The van der Waals surface area contributed by atoms with E-state index in [0.717, 1.165) is 69.6 Å². The van der Waals surface area contributed by atoms with Crippen molar-refractivity contribution in [2.75, 3.05) is 132 Å². The van der Waals surface area contributed by atoms with Crippen LogP contribution in [0.2, 0.25) is 0 Å². The summed E-state index contributed by atoms with van der Waals surface area (Å²) in [6.45, 7) is 9.08. The number of hydrogen-bond acceptors (Lipinski definition) is 43. The number of carbonyl (C=O) groups excluding carboxylic acids is 13. The van der Waals surface area contributed by atoms with Crippen molar-refractivity contribution in [1.29, 1.82) is 5.41 Å². The predicted octanol–water partition coefficient (Wildman–Crippen LogP) is -8.94. The summed E-state index contributed by atoms with van der Waals surface area (Å²) in [7, 11) is -26.8. The molecule has 0 aromatic rings. The number of rotatable bonds is 30. The number of fused-ring (bicyclic) bond motifs is 12. The molecule has 18 heterocycles. The third-order valence-electron chi connectivity index (χ3n) is 26.8. The number of ether oxygens (including phenoxy) is 1. The van der Waals surface area contributed by atoms with Gasteiger partial charge in [-0.1, -0.05) is 0 Å². The Balaban J connectivity index is 0.000000149. The molecule has 18 aliphatic heterocycles. The van der Waals surface area contributed by atoms with E-state index < -0.39 is 213 Å². The van der Waals surface area contributed by atoms with E-state index in [9.17, 15) is 113 Å². The summed E-state index contributed by atoms with van der Waals surface area (Å²) in [5, 5.41) is 22.9. The standard InChI is InChI=1S/C13H22N6O7S.2C13H22N4O7S.C12H20N4O8S.C11H16N4O8S.C11H18N4O7S/c14-12(15)17-5-3-9(4-6-17)25-16-11(20)10-2-1-8-7-18(10)13(21)19(8)26-27(22,23)24;1-15-6-4-10(5-7-15)23-14-12(18)11-3-2-9-8-16(11)13(19)17(9)24-25(20,21)22;18-12(15-23-10-3-1-2-6-14-7-10)11-5-4-9-8-16(11)13(19)17(9)24-25(20,21)22;17-11(14-23-9-5-13-3-4-22-7-9)10-2-1-8-6-15(10)12(18)16(8)24-25(19,20)21;16-9-3-7(4-12-9)22-13-10(17)8-2-1-6-5-14(8)11(18)15(6)23-24(19,20)21;16-10(13-21-8-3-4-12-5-8)9-2-1-7-6-14(9)11(17)15(7)22-23(18,19)20/h8-10H,1-7H2,(H3,14,15)(H,16,20)(H,22,23,24);9-11H,2-8H2,1H3,(H,14,18)(H,20,21,22);9-11,14H,1-8H2,(H,15,18)(H,20,21,22);8-10,13H,1-7H2,(H,14,17)(H,19,20,21);6-8H,1-5H2,(H,12,16)(H,13,17)(H,19,20,21);7-9,12H,1-6H2,(H,13,16)(H,18,19,20)/t8-,10+;9-,11+;9-,10?,11+;8-,9?,10+;6-,7?,8+;7-,8?,9+/m111111/s1. The van der Waals surface area contributed by atoms with Gasteiger partial charge in [0.15, 0.2) is 5.96 Å². The lowest BCUT2D eigenvalue weighted by molar-refractivity contribution is -0.146. The molecule has 0 aromatic heterocycles. The van der Waals surface area contributed by atoms with Crippen LogP contribution < -0.4 is 59.9 Å². The highest BCUT2D eigenvalue weighted by Crippen LogP contribution is 2.38. The lowest BCUT2D eigenvalue weighted by Crippen LogP contribution is -2.51. The van der Waals surface area contributed by atoms with Crippen LogP contribution in [0.4, 0.5) is 28.8 Å². The minimum absolute atomic E-state index is 0.00143. The SMILES string of the molecule is CN1CCC(ONC(=O)[C@@H]2CC[C@@H]3CN2C(=O)N3OS(=O)(=O)O)CC1.N=C(N)N1CCC(ONC(=O)[C@@H]2CC[C@@H]3CN2C(=O)N3OS(=O)(=O)O)CC1.O=C(NOC1CCCCNC1)[C@@H]1CC[C@@H]2CN1C(=O)N2OS(=O)(=O)O.O=C(NOC1CCNC1)[C@@H]1CC[C@@H]2CN1C(=O)N2OS(=O)(=O)O.O=C(NOC1CNCCOC1)[C@@H]1CC[C@@H]2CN1C(=O)N2OS(=O)(=O)O.O=C1CC(ONC(=O)[C@@H]2CC[C@@H]3CN2C(=O)N3OS(=O)(=O)O)CN1. The topological polar surface area (TPSA) is 884 Å². The van der Waals surface area contributed by atoms with E-state index in [1.54, 1.807) is 4.90 Å².